The number of sulfonamides is 1. The van der Waals surface area contributed by atoms with Crippen molar-refractivity contribution in [3.63, 3.8) is 0 Å². The Balaban J connectivity index is 1.58. The number of carbonyl (C=O) groups excluding carboxylic acids is 1. The maximum atomic E-state index is 13.1. The van der Waals surface area contributed by atoms with Gasteiger partial charge < -0.3 is 19.5 Å². The van der Waals surface area contributed by atoms with Crippen molar-refractivity contribution in [3.05, 3.63) is 29.8 Å². The Morgan fingerprint density at radius 1 is 1.13 bits per heavy atom. The lowest BCUT2D eigenvalue weighted by atomic mass is 9.82. The van der Waals surface area contributed by atoms with Crippen molar-refractivity contribution in [1.29, 1.82) is 0 Å². The van der Waals surface area contributed by atoms with Gasteiger partial charge in [0.2, 0.25) is 10.0 Å². The number of aliphatic hydroxyl groups excluding tert-OH is 1. The summed E-state index contributed by atoms with van der Waals surface area (Å²) >= 11 is 0. The third-order valence-electron chi connectivity index (χ3n) is 6.68. The van der Waals surface area contributed by atoms with Crippen molar-refractivity contribution >= 4 is 15.9 Å². The normalized spacial score (nSPS) is 29.7. The number of fused-ring (bicyclic) bond motifs is 5. The van der Waals surface area contributed by atoms with E-state index in [2.05, 4.69) is 10.8 Å². The summed E-state index contributed by atoms with van der Waals surface area (Å²) in [6.07, 6.45) is 5.29. The molecule has 2 atom stereocenters. The summed E-state index contributed by atoms with van der Waals surface area (Å²) < 4.78 is 39.5. The molecule has 3 heterocycles. The lowest BCUT2D eigenvalue weighted by Crippen LogP contribution is -2.60. The fraction of sp³-hybridized carbons (Fsp3) is 0.682. The molecule has 1 saturated carbocycles. The van der Waals surface area contributed by atoms with Crippen LogP contribution in [0.1, 0.15) is 50.0 Å². The number of nitrogens with zero attached hydrogens (tertiary/aromatic N) is 1. The van der Waals surface area contributed by atoms with Gasteiger partial charge in [-0.15, -0.1) is 0 Å². The minimum absolute atomic E-state index is 0.0836. The second-order valence-electron chi connectivity index (χ2n) is 8.70. The standard InChI is InChI=1S/C22H32N2O6S/c25-12-13-31(27,28)23-19-5-3-11-24-20(19)14-29-17-9-7-16(8-10-17)18-4-1-2-6-21(18)30-15-22(24)26/h1-2,4,6,16-17,19-20,23,25H,3,5,7-15H2/t16?,17?,19-,20?/m0/s1. The first-order chi connectivity index (χ1) is 15.0. The third-order valence-corrected chi connectivity index (χ3v) is 8.06. The Hall–Kier alpha value is -1.68. The molecule has 1 aromatic rings. The zero-order chi connectivity index (χ0) is 21.8. The summed E-state index contributed by atoms with van der Waals surface area (Å²) in [6.45, 7) is 0.311. The second-order valence-corrected chi connectivity index (χ2v) is 10.6. The maximum absolute atomic E-state index is 13.1. The molecule has 1 aliphatic carbocycles. The van der Waals surface area contributed by atoms with Gasteiger partial charge in [-0.1, -0.05) is 18.2 Å². The summed E-state index contributed by atoms with van der Waals surface area (Å²) in [5.74, 6) is 0.636. The van der Waals surface area contributed by atoms with Crippen molar-refractivity contribution in [2.75, 3.05) is 32.1 Å². The molecular formula is C22H32N2O6S. The van der Waals surface area contributed by atoms with Gasteiger partial charge in [-0.3, -0.25) is 4.79 Å². The second kappa shape index (κ2) is 9.85. The molecule has 1 aromatic carbocycles. The van der Waals surface area contributed by atoms with E-state index in [1.807, 2.05) is 18.2 Å². The van der Waals surface area contributed by atoms with E-state index in [1.165, 1.54) is 0 Å². The van der Waals surface area contributed by atoms with Gasteiger partial charge in [0.1, 0.15) is 5.75 Å². The number of carbonyl (C=O) groups is 1. The molecule has 2 fully saturated rings. The van der Waals surface area contributed by atoms with E-state index in [0.717, 1.165) is 37.0 Å². The molecule has 4 aliphatic rings. The molecule has 0 aromatic heterocycles. The smallest absolute Gasteiger partial charge is 0.260 e. The van der Waals surface area contributed by atoms with Crippen LogP contribution in [0.15, 0.2) is 24.3 Å². The van der Waals surface area contributed by atoms with Crippen LogP contribution >= 0.6 is 0 Å². The molecule has 1 saturated heterocycles. The summed E-state index contributed by atoms with van der Waals surface area (Å²) in [5.41, 5.74) is 1.15. The first kappa shape index (κ1) is 22.5. The topological polar surface area (TPSA) is 105 Å². The van der Waals surface area contributed by atoms with Crippen LogP contribution in [0.25, 0.3) is 0 Å². The van der Waals surface area contributed by atoms with Gasteiger partial charge in [0, 0.05) is 12.6 Å². The zero-order valence-corrected chi connectivity index (χ0v) is 18.6. The average Bonchev–Trinajstić information content (AvgIpc) is 2.77. The summed E-state index contributed by atoms with van der Waals surface area (Å²) in [5, 5.41) is 9.07. The molecule has 3 aliphatic heterocycles. The Morgan fingerprint density at radius 2 is 1.90 bits per heavy atom. The largest absolute Gasteiger partial charge is 0.483 e. The third kappa shape index (κ3) is 5.39. The molecule has 1 amide bonds. The molecule has 0 spiro atoms. The van der Waals surface area contributed by atoms with Crippen LogP contribution in [0, 0.1) is 0 Å². The van der Waals surface area contributed by atoms with Crippen LogP contribution in [-0.4, -0.2) is 74.6 Å². The quantitative estimate of drug-likeness (QED) is 0.715. The molecule has 31 heavy (non-hydrogen) atoms. The van der Waals surface area contributed by atoms with Gasteiger partial charge in [0.25, 0.3) is 5.91 Å². The van der Waals surface area contributed by atoms with E-state index < -0.39 is 28.7 Å². The molecule has 9 heteroatoms. The Kier molecular flexibility index (Phi) is 7.15. The number of nitrogens with one attached hydrogen (secondary N) is 1. The Morgan fingerprint density at radius 3 is 2.68 bits per heavy atom. The van der Waals surface area contributed by atoms with Gasteiger partial charge in [0.15, 0.2) is 6.61 Å². The van der Waals surface area contributed by atoms with Crippen LogP contribution in [0.4, 0.5) is 0 Å². The highest BCUT2D eigenvalue weighted by molar-refractivity contribution is 7.89. The molecule has 1 unspecified atom stereocenters. The van der Waals surface area contributed by atoms with Crippen LogP contribution in [0.5, 0.6) is 5.75 Å². The lowest BCUT2D eigenvalue weighted by molar-refractivity contribution is -0.140. The van der Waals surface area contributed by atoms with E-state index in [4.69, 9.17) is 14.6 Å². The number of rotatable bonds is 4. The van der Waals surface area contributed by atoms with Crippen molar-refractivity contribution in [1.82, 2.24) is 9.62 Å². The summed E-state index contributed by atoms with van der Waals surface area (Å²) in [4.78, 5) is 14.8. The van der Waals surface area contributed by atoms with Crippen molar-refractivity contribution in [3.8, 4) is 5.75 Å². The highest BCUT2D eigenvalue weighted by atomic mass is 32.2. The SMILES string of the molecule is O=C1COc2ccccc2C2CCC(CC2)OCC2[C@@H](NS(=O)(=O)CCO)CCCN12. The fourth-order valence-electron chi connectivity index (χ4n) is 5.07. The van der Waals surface area contributed by atoms with Crippen molar-refractivity contribution in [2.45, 2.75) is 62.6 Å². The van der Waals surface area contributed by atoms with Crippen LogP contribution in [0.2, 0.25) is 0 Å². The van der Waals surface area contributed by atoms with Crippen LogP contribution < -0.4 is 9.46 Å². The number of benzene rings is 1. The maximum Gasteiger partial charge on any atom is 0.260 e. The molecule has 2 bridgehead atoms. The number of piperidine rings is 1. The van der Waals surface area contributed by atoms with E-state index in [-0.39, 0.29) is 24.4 Å². The van der Waals surface area contributed by atoms with E-state index in [9.17, 15) is 13.2 Å². The number of ether oxygens (including phenoxy) is 2. The lowest BCUT2D eigenvalue weighted by Gasteiger charge is -2.42. The molecule has 172 valence electrons. The number of amides is 1. The Labute approximate surface area is 184 Å². The molecule has 2 N–H and O–H groups in total. The van der Waals surface area contributed by atoms with Gasteiger partial charge in [-0.05, 0) is 56.1 Å². The van der Waals surface area contributed by atoms with Gasteiger partial charge in [-0.25, -0.2) is 13.1 Å². The summed E-state index contributed by atoms with van der Waals surface area (Å²) in [7, 11) is -3.63. The van der Waals surface area contributed by atoms with E-state index in [0.29, 0.717) is 31.9 Å². The fourth-order valence-corrected chi connectivity index (χ4v) is 6.16. The van der Waals surface area contributed by atoms with Crippen LogP contribution in [0.3, 0.4) is 0 Å². The minimum atomic E-state index is -3.63. The highest BCUT2D eigenvalue weighted by Crippen LogP contribution is 2.38. The highest BCUT2D eigenvalue weighted by Gasteiger charge is 2.38. The van der Waals surface area contributed by atoms with Crippen molar-refractivity contribution < 1.29 is 27.8 Å². The predicted octanol–water partition coefficient (Wildman–Crippen LogP) is 1.39. The molecule has 0 radical (unpaired) electrons. The van der Waals surface area contributed by atoms with Gasteiger partial charge >= 0.3 is 0 Å². The first-order valence-electron chi connectivity index (χ1n) is 11.2. The van der Waals surface area contributed by atoms with Crippen LogP contribution in [-0.2, 0) is 19.6 Å². The van der Waals surface area contributed by atoms with Gasteiger partial charge in [0.05, 0.1) is 31.1 Å². The summed E-state index contributed by atoms with van der Waals surface area (Å²) in [6, 6.07) is 7.10. The Bertz CT molecular complexity index is 869. The average molecular weight is 453 g/mol. The zero-order valence-electron chi connectivity index (χ0n) is 17.7. The minimum Gasteiger partial charge on any atom is -0.483 e. The monoisotopic (exact) mass is 452 g/mol. The molecular weight excluding hydrogens is 420 g/mol. The number of hydrogen-bond acceptors (Lipinski definition) is 6. The number of aliphatic hydroxyl groups is 1. The molecule has 5 rings (SSSR count). The van der Waals surface area contributed by atoms with Crippen molar-refractivity contribution in [2.24, 2.45) is 0 Å². The predicted molar refractivity (Wildman–Crippen MR) is 115 cm³/mol. The number of para-hydroxylation sites is 1. The van der Waals surface area contributed by atoms with E-state index >= 15 is 0 Å². The molecule has 8 nitrogen and oxygen atoms in total. The van der Waals surface area contributed by atoms with Gasteiger partial charge in [-0.2, -0.15) is 0 Å². The van der Waals surface area contributed by atoms with E-state index in [1.54, 1.807) is 4.90 Å². The number of hydrogen-bond donors (Lipinski definition) is 2. The first-order valence-corrected chi connectivity index (χ1v) is 12.9.